The summed E-state index contributed by atoms with van der Waals surface area (Å²) in [7, 11) is 0. The lowest BCUT2D eigenvalue weighted by atomic mass is 9.99. The van der Waals surface area contributed by atoms with Crippen molar-refractivity contribution in [1.29, 1.82) is 0 Å². The van der Waals surface area contributed by atoms with Crippen LogP contribution in [0.4, 0.5) is 4.39 Å². The van der Waals surface area contributed by atoms with Gasteiger partial charge in [-0.3, -0.25) is 0 Å². The molecule has 2 unspecified atom stereocenters. The van der Waals surface area contributed by atoms with Gasteiger partial charge >= 0.3 is 0 Å². The summed E-state index contributed by atoms with van der Waals surface area (Å²) in [5.41, 5.74) is 3.29. The van der Waals surface area contributed by atoms with E-state index in [4.69, 9.17) is 4.74 Å². The maximum absolute atomic E-state index is 13.1. The topological polar surface area (TPSA) is 34.4 Å². The zero-order chi connectivity index (χ0) is 16.5. The molecule has 2 heterocycles. The lowest BCUT2D eigenvalue weighted by Crippen LogP contribution is -2.23. The average Bonchev–Trinajstić information content (AvgIpc) is 2.96. The summed E-state index contributed by atoms with van der Waals surface area (Å²) in [4.78, 5) is 0. The van der Waals surface area contributed by atoms with E-state index >= 15 is 0 Å². The summed E-state index contributed by atoms with van der Waals surface area (Å²) in [6.45, 7) is 1.26. The smallest absolute Gasteiger partial charge is 0.123 e. The monoisotopic (exact) mass is 325 g/mol. The predicted molar refractivity (Wildman–Crippen MR) is 91.4 cm³/mol. The molecule has 4 rings (SSSR count). The van der Waals surface area contributed by atoms with Crippen molar-refractivity contribution in [2.45, 2.75) is 31.6 Å². The first-order chi connectivity index (χ1) is 11.7. The van der Waals surface area contributed by atoms with Crippen molar-refractivity contribution in [3.63, 3.8) is 0 Å². The Bertz CT molecular complexity index is 840. The lowest BCUT2D eigenvalue weighted by molar-refractivity contribution is -0.0442. The number of hydrogen-bond donors (Lipinski definition) is 1. The van der Waals surface area contributed by atoms with Crippen LogP contribution in [0.3, 0.4) is 0 Å². The maximum Gasteiger partial charge on any atom is 0.123 e. The van der Waals surface area contributed by atoms with Crippen molar-refractivity contribution in [2.75, 3.05) is 6.61 Å². The first-order valence-corrected chi connectivity index (χ1v) is 8.32. The van der Waals surface area contributed by atoms with Crippen molar-refractivity contribution in [3.8, 4) is 0 Å². The molecular weight excluding hydrogens is 305 g/mol. The van der Waals surface area contributed by atoms with E-state index in [0.29, 0.717) is 26.0 Å². The van der Waals surface area contributed by atoms with Gasteiger partial charge in [-0.15, -0.1) is 0 Å². The quantitative estimate of drug-likeness (QED) is 0.788. The molecule has 24 heavy (non-hydrogen) atoms. The second-order valence-electron chi connectivity index (χ2n) is 6.39. The number of halogens is 1. The zero-order valence-electron chi connectivity index (χ0n) is 13.4. The molecule has 3 nitrogen and oxygen atoms in total. The predicted octanol–water partition coefficient (Wildman–Crippen LogP) is 4.04. The third-order valence-corrected chi connectivity index (χ3v) is 4.69. The fraction of sp³-hybridized carbons (Fsp3) is 0.300. The molecule has 4 heteroatoms. The fourth-order valence-electron chi connectivity index (χ4n) is 3.45. The van der Waals surface area contributed by atoms with Gasteiger partial charge in [0.15, 0.2) is 0 Å². The Balaban J connectivity index is 1.72. The summed E-state index contributed by atoms with van der Waals surface area (Å²) in [6.07, 6.45) is 3.06. The molecule has 0 amide bonds. The number of nitrogens with zero attached hydrogens (tertiary/aromatic N) is 1. The number of ether oxygens (including phenoxy) is 1. The first kappa shape index (κ1) is 15.4. The summed E-state index contributed by atoms with van der Waals surface area (Å²) in [6, 6.07) is 14.8. The highest BCUT2D eigenvalue weighted by Crippen LogP contribution is 2.34. The number of fused-ring (bicyclic) bond motifs is 1. The van der Waals surface area contributed by atoms with E-state index in [2.05, 4.69) is 22.9 Å². The van der Waals surface area contributed by atoms with Crippen molar-refractivity contribution >= 4 is 10.9 Å². The Morgan fingerprint density at radius 3 is 2.71 bits per heavy atom. The van der Waals surface area contributed by atoms with E-state index in [-0.39, 0.29) is 18.0 Å². The number of rotatable bonds is 3. The van der Waals surface area contributed by atoms with E-state index < -0.39 is 0 Å². The van der Waals surface area contributed by atoms with E-state index in [9.17, 15) is 9.50 Å². The molecule has 0 saturated carbocycles. The van der Waals surface area contributed by atoms with Gasteiger partial charge in [0.25, 0.3) is 0 Å². The molecule has 0 radical (unpaired) electrons. The fourth-order valence-corrected chi connectivity index (χ4v) is 3.45. The van der Waals surface area contributed by atoms with Crippen molar-refractivity contribution in [2.24, 2.45) is 0 Å². The second kappa shape index (κ2) is 6.38. The number of hydrogen-bond acceptors (Lipinski definition) is 2. The highest BCUT2D eigenvalue weighted by atomic mass is 19.1. The van der Waals surface area contributed by atoms with Gasteiger partial charge < -0.3 is 14.4 Å². The molecular formula is C20H20FNO2. The van der Waals surface area contributed by atoms with Crippen LogP contribution in [0.15, 0.2) is 54.7 Å². The summed E-state index contributed by atoms with van der Waals surface area (Å²) in [5.74, 6) is -0.221. The number of benzene rings is 2. The van der Waals surface area contributed by atoms with Gasteiger partial charge in [0.1, 0.15) is 5.82 Å². The summed E-state index contributed by atoms with van der Waals surface area (Å²) in [5, 5.41) is 11.1. The van der Waals surface area contributed by atoms with Gasteiger partial charge in [-0.05, 0) is 30.2 Å². The minimum Gasteiger partial charge on any atom is -0.393 e. The van der Waals surface area contributed by atoms with Gasteiger partial charge in [0, 0.05) is 42.2 Å². The van der Waals surface area contributed by atoms with Crippen LogP contribution in [0.25, 0.3) is 10.9 Å². The average molecular weight is 325 g/mol. The Hall–Kier alpha value is -2.17. The van der Waals surface area contributed by atoms with Crippen LogP contribution >= 0.6 is 0 Å². The Kier molecular flexibility index (Phi) is 4.08. The third kappa shape index (κ3) is 2.95. The molecule has 2 atom stereocenters. The Morgan fingerprint density at radius 1 is 1.12 bits per heavy atom. The summed E-state index contributed by atoms with van der Waals surface area (Å²) < 4.78 is 21.2. The Morgan fingerprint density at radius 2 is 1.92 bits per heavy atom. The minimum atomic E-state index is -0.303. The van der Waals surface area contributed by atoms with E-state index in [1.54, 1.807) is 0 Å². The molecule has 1 aliphatic rings. The van der Waals surface area contributed by atoms with E-state index in [1.165, 1.54) is 12.1 Å². The molecule has 1 aromatic heterocycles. The standard InChI is InChI=1S/C20H20FNO2/c21-15-7-5-14(6-8-15)12-22-13-18(17-3-1-2-4-19(17)22)20-11-16(23)9-10-24-20/h1-8,13,16,20,23H,9-12H2. The van der Waals surface area contributed by atoms with Crippen LogP contribution < -0.4 is 0 Å². The molecule has 0 bridgehead atoms. The van der Waals surface area contributed by atoms with Gasteiger partial charge in [-0.25, -0.2) is 4.39 Å². The van der Waals surface area contributed by atoms with Crippen LogP contribution in [0.1, 0.15) is 30.1 Å². The molecule has 1 aliphatic heterocycles. The molecule has 2 aromatic carbocycles. The SMILES string of the molecule is OC1CCOC(c2cn(Cc3ccc(F)cc3)c3ccccc23)C1. The van der Waals surface area contributed by atoms with Crippen molar-refractivity contribution < 1.29 is 14.2 Å². The van der Waals surface area contributed by atoms with Crippen LogP contribution in [0, 0.1) is 5.82 Å². The van der Waals surface area contributed by atoms with Gasteiger partial charge in [-0.2, -0.15) is 0 Å². The molecule has 0 spiro atoms. The Labute approximate surface area is 140 Å². The molecule has 124 valence electrons. The van der Waals surface area contributed by atoms with Crippen LogP contribution in [0.2, 0.25) is 0 Å². The third-order valence-electron chi connectivity index (χ3n) is 4.69. The number of aromatic nitrogens is 1. The number of para-hydroxylation sites is 1. The van der Waals surface area contributed by atoms with Crippen LogP contribution in [0.5, 0.6) is 0 Å². The summed E-state index contributed by atoms with van der Waals surface area (Å²) >= 11 is 0. The van der Waals surface area contributed by atoms with Gasteiger partial charge in [-0.1, -0.05) is 30.3 Å². The van der Waals surface area contributed by atoms with E-state index in [1.807, 2.05) is 24.3 Å². The number of aliphatic hydroxyl groups is 1. The van der Waals surface area contributed by atoms with Crippen LogP contribution in [-0.2, 0) is 11.3 Å². The zero-order valence-corrected chi connectivity index (χ0v) is 13.4. The lowest BCUT2D eigenvalue weighted by Gasteiger charge is -2.26. The normalized spacial score (nSPS) is 21.2. The highest BCUT2D eigenvalue weighted by Gasteiger charge is 2.25. The molecule has 1 N–H and O–H groups in total. The highest BCUT2D eigenvalue weighted by molar-refractivity contribution is 5.84. The van der Waals surface area contributed by atoms with Crippen molar-refractivity contribution in [3.05, 3.63) is 71.7 Å². The molecule has 1 saturated heterocycles. The van der Waals surface area contributed by atoms with E-state index in [0.717, 1.165) is 22.0 Å². The minimum absolute atomic E-state index is 0.0758. The maximum atomic E-state index is 13.1. The molecule has 0 aliphatic carbocycles. The van der Waals surface area contributed by atoms with Crippen molar-refractivity contribution in [1.82, 2.24) is 4.57 Å². The molecule has 1 fully saturated rings. The number of aliphatic hydroxyl groups excluding tert-OH is 1. The largest absolute Gasteiger partial charge is 0.393 e. The first-order valence-electron chi connectivity index (χ1n) is 8.32. The van der Waals surface area contributed by atoms with Gasteiger partial charge in [0.2, 0.25) is 0 Å². The second-order valence-corrected chi connectivity index (χ2v) is 6.39. The molecule has 3 aromatic rings. The van der Waals surface area contributed by atoms with Crippen LogP contribution in [-0.4, -0.2) is 22.4 Å². The van der Waals surface area contributed by atoms with Gasteiger partial charge in [0.05, 0.1) is 12.2 Å².